The van der Waals surface area contributed by atoms with Gasteiger partial charge in [0, 0.05) is 16.2 Å². The molecule has 0 spiro atoms. The minimum absolute atomic E-state index is 0.319. The number of esters is 1. The van der Waals surface area contributed by atoms with E-state index in [-0.39, 0.29) is 5.75 Å². The number of aromatic hydroxyl groups is 1. The van der Waals surface area contributed by atoms with Gasteiger partial charge < -0.3 is 9.84 Å². The van der Waals surface area contributed by atoms with Gasteiger partial charge in [-0.25, -0.2) is 4.79 Å². The molecular weight excluding hydrogens is 314 g/mol. The lowest BCUT2D eigenvalue weighted by molar-refractivity contribution is -0.144. The normalized spacial score (nSPS) is 16.2. The molecule has 0 aliphatic carbocycles. The maximum atomic E-state index is 12.6. The Morgan fingerprint density at radius 3 is 2.65 bits per heavy atom. The van der Waals surface area contributed by atoms with Crippen LogP contribution in [0.15, 0.2) is 40.0 Å². The Morgan fingerprint density at radius 1 is 1.35 bits per heavy atom. The minimum atomic E-state index is -0.663. The lowest BCUT2D eigenvalue weighted by atomic mass is 10.0. The number of benzene rings is 1. The van der Waals surface area contributed by atoms with E-state index < -0.39 is 17.6 Å². The van der Waals surface area contributed by atoms with E-state index in [0.717, 1.165) is 16.2 Å². The van der Waals surface area contributed by atoms with Crippen molar-refractivity contribution in [1.82, 2.24) is 4.57 Å². The summed E-state index contributed by atoms with van der Waals surface area (Å²) < 4.78 is 6.18. The van der Waals surface area contributed by atoms with Crippen LogP contribution in [0, 0.1) is 0 Å². The zero-order valence-electron chi connectivity index (χ0n) is 12.9. The van der Waals surface area contributed by atoms with Gasteiger partial charge in [0.05, 0.1) is 7.11 Å². The van der Waals surface area contributed by atoms with Crippen molar-refractivity contribution in [3.8, 4) is 16.9 Å². The van der Waals surface area contributed by atoms with Crippen LogP contribution in [0.4, 0.5) is 0 Å². The molecule has 6 heteroatoms. The number of rotatable bonds is 3. The maximum absolute atomic E-state index is 12.6. The van der Waals surface area contributed by atoms with Crippen LogP contribution < -0.4 is 5.56 Å². The van der Waals surface area contributed by atoms with E-state index in [2.05, 4.69) is 0 Å². The number of fused-ring (bicyclic) bond motifs is 1. The summed E-state index contributed by atoms with van der Waals surface area (Å²) in [5.74, 6) is -0.773. The van der Waals surface area contributed by atoms with Crippen molar-refractivity contribution in [2.24, 2.45) is 0 Å². The SMILES string of the molecule is COC(=O)[C@@H]1CCc2c(SC)c(-c3ccccc3)c(O)c(=O)n21. The van der Waals surface area contributed by atoms with Crippen LogP contribution in [0.2, 0.25) is 0 Å². The predicted octanol–water partition coefficient (Wildman–Crippen LogP) is 2.60. The molecule has 2 aromatic rings. The maximum Gasteiger partial charge on any atom is 0.328 e. The molecule has 0 unspecified atom stereocenters. The third-order valence-electron chi connectivity index (χ3n) is 4.14. The van der Waals surface area contributed by atoms with Crippen LogP contribution in [0.5, 0.6) is 5.75 Å². The number of methoxy groups -OCH3 is 1. The van der Waals surface area contributed by atoms with Crippen molar-refractivity contribution in [2.75, 3.05) is 13.4 Å². The second kappa shape index (κ2) is 6.12. The van der Waals surface area contributed by atoms with Gasteiger partial charge in [0.1, 0.15) is 6.04 Å². The summed E-state index contributed by atoms with van der Waals surface area (Å²) in [7, 11) is 1.30. The third kappa shape index (κ3) is 2.43. The van der Waals surface area contributed by atoms with Gasteiger partial charge >= 0.3 is 5.97 Å². The van der Waals surface area contributed by atoms with Crippen LogP contribution in [-0.4, -0.2) is 29.0 Å². The third-order valence-corrected chi connectivity index (χ3v) is 4.99. The quantitative estimate of drug-likeness (QED) is 0.692. The molecule has 0 saturated heterocycles. The number of hydrogen-bond acceptors (Lipinski definition) is 5. The molecule has 0 fully saturated rings. The number of aromatic nitrogens is 1. The first kappa shape index (κ1) is 15.7. The molecule has 120 valence electrons. The molecule has 1 N–H and O–H groups in total. The first-order valence-electron chi connectivity index (χ1n) is 7.27. The van der Waals surface area contributed by atoms with Crippen LogP contribution in [0.1, 0.15) is 18.2 Å². The van der Waals surface area contributed by atoms with E-state index in [4.69, 9.17) is 4.74 Å². The Hall–Kier alpha value is -2.21. The number of carbonyl (C=O) groups excluding carboxylic acids is 1. The van der Waals surface area contributed by atoms with Crippen molar-refractivity contribution in [3.05, 3.63) is 46.4 Å². The van der Waals surface area contributed by atoms with Gasteiger partial charge in [-0.05, 0) is 24.7 Å². The fourth-order valence-electron chi connectivity index (χ4n) is 3.12. The van der Waals surface area contributed by atoms with Gasteiger partial charge in [-0.3, -0.25) is 9.36 Å². The average molecular weight is 331 g/mol. The Kier molecular flexibility index (Phi) is 4.17. The Labute approximate surface area is 137 Å². The second-order valence-electron chi connectivity index (χ2n) is 5.32. The van der Waals surface area contributed by atoms with Crippen molar-refractivity contribution in [3.63, 3.8) is 0 Å². The Morgan fingerprint density at radius 2 is 2.04 bits per heavy atom. The smallest absolute Gasteiger partial charge is 0.328 e. The standard InChI is InChI=1S/C17H17NO4S/c1-22-17(21)12-9-8-11-15(23-2)13(10-6-4-3-5-7-10)14(19)16(20)18(11)12/h3-7,12,19H,8-9H2,1-2H3/t12-/m0/s1. The first-order valence-corrected chi connectivity index (χ1v) is 8.50. The Bertz CT molecular complexity index is 814. The van der Waals surface area contributed by atoms with Crippen molar-refractivity contribution in [1.29, 1.82) is 0 Å². The van der Waals surface area contributed by atoms with Crippen LogP contribution >= 0.6 is 11.8 Å². The zero-order valence-corrected chi connectivity index (χ0v) is 13.7. The summed E-state index contributed by atoms with van der Waals surface area (Å²) in [5.41, 5.74) is 1.58. The topological polar surface area (TPSA) is 68.5 Å². The lowest BCUT2D eigenvalue weighted by Gasteiger charge is -2.18. The largest absolute Gasteiger partial charge is 0.503 e. The first-order chi connectivity index (χ1) is 11.1. The molecule has 1 aliphatic heterocycles. The van der Waals surface area contributed by atoms with Crippen molar-refractivity contribution < 1.29 is 14.6 Å². The molecule has 2 heterocycles. The van der Waals surface area contributed by atoms with Crippen LogP contribution in [0.25, 0.3) is 11.1 Å². The molecule has 0 amide bonds. The lowest BCUT2D eigenvalue weighted by Crippen LogP contribution is -2.29. The summed E-state index contributed by atoms with van der Waals surface area (Å²) in [4.78, 5) is 25.4. The van der Waals surface area contributed by atoms with Gasteiger partial charge in [0.2, 0.25) is 0 Å². The van der Waals surface area contributed by atoms with Crippen LogP contribution in [-0.2, 0) is 16.0 Å². The molecular formula is C17H17NO4S. The number of pyridine rings is 1. The highest BCUT2D eigenvalue weighted by atomic mass is 32.2. The molecule has 0 saturated carbocycles. The summed E-state index contributed by atoms with van der Waals surface area (Å²) in [5, 5.41) is 10.5. The molecule has 5 nitrogen and oxygen atoms in total. The van der Waals surface area contributed by atoms with Crippen LogP contribution in [0.3, 0.4) is 0 Å². The predicted molar refractivity (Wildman–Crippen MR) is 89.0 cm³/mol. The number of carbonyl (C=O) groups is 1. The molecule has 3 rings (SSSR count). The molecule has 0 radical (unpaired) electrons. The Balaban J connectivity index is 2.30. The van der Waals surface area contributed by atoms with E-state index in [9.17, 15) is 14.7 Å². The molecule has 1 aromatic heterocycles. The van der Waals surface area contributed by atoms with Gasteiger partial charge in [-0.1, -0.05) is 30.3 Å². The molecule has 1 atom stereocenters. The van der Waals surface area contributed by atoms with Crippen molar-refractivity contribution >= 4 is 17.7 Å². The fraction of sp³-hybridized carbons (Fsp3) is 0.294. The van der Waals surface area contributed by atoms with E-state index in [1.807, 2.05) is 36.6 Å². The highest BCUT2D eigenvalue weighted by molar-refractivity contribution is 7.98. The van der Waals surface area contributed by atoms with Gasteiger partial charge in [0.15, 0.2) is 5.75 Å². The zero-order chi connectivity index (χ0) is 16.6. The van der Waals surface area contributed by atoms with Gasteiger partial charge in [-0.15, -0.1) is 11.8 Å². The number of ether oxygens (including phenoxy) is 1. The highest BCUT2D eigenvalue weighted by Crippen LogP contribution is 2.41. The summed E-state index contributed by atoms with van der Waals surface area (Å²) >= 11 is 1.47. The average Bonchev–Trinajstić information content (AvgIpc) is 3.02. The molecule has 0 bridgehead atoms. The molecule has 1 aromatic carbocycles. The number of thioether (sulfide) groups is 1. The minimum Gasteiger partial charge on any atom is -0.503 e. The fourth-order valence-corrected chi connectivity index (χ4v) is 3.98. The second-order valence-corrected chi connectivity index (χ2v) is 6.14. The number of hydrogen-bond donors (Lipinski definition) is 1. The van der Waals surface area contributed by atoms with E-state index in [1.165, 1.54) is 23.4 Å². The van der Waals surface area contributed by atoms with E-state index in [1.54, 1.807) is 0 Å². The van der Waals surface area contributed by atoms with E-state index >= 15 is 0 Å². The van der Waals surface area contributed by atoms with Gasteiger partial charge in [0.25, 0.3) is 5.56 Å². The summed E-state index contributed by atoms with van der Waals surface area (Å²) in [6.45, 7) is 0. The monoisotopic (exact) mass is 331 g/mol. The number of nitrogens with zero attached hydrogens (tertiary/aromatic N) is 1. The molecule has 23 heavy (non-hydrogen) atoms. The summed E-state index contributed by atoms with van der Waals surface area (Å²) in [6, 6.07) is 8.66. The van der Waals surface area contributed by atoms with Crippen molar-refractivity contribution in [2.45, 2.75) is 23.8 Å². The summed E-state index contributed by atoms with van der Waals surface area (Å²) in [6.07, 6.45) is 3.01. The van der Waals surface area contributed by atoms with Gasteiger partial charge in [-0.2, -0.15) is 0 Å². The highest BCUT2D eigenvalue weighted by Gasteiger charge is 2.35. The molecule has 1 aliphatic rings. The van der Waals surface area contributed by atoms with E-state index in [0.29, 0.717) is 18.4 Å².